The van der Waals surface area contributed by atoms with Gasteiger partial charge in [0.25, 0.3) is 5.92 Å². The van der Waals surface area contributed by atoms with Gasteiger partial charge in [0, 0.05) is 6.42 Å². The lowest BCUT2D eigenvalue weighted by molar-refractivity contribution is -0.144. The third-order valence-corrected chi connectivity index (χ3v) is 2.84. The fourth-order valence-electron chi connectivity index (χ4n) is 1.60. The highest BCUT2D eigenvalue weighted by atomic mass is 19.3. The second-order valence-corrected chi connectivity index (χ2v) is 4.04. The summed E-state index contributed by atoms with van der Waals surface area (Å²) in [5.41, 5.74) is -1.61. The average molecular weight is 242 g/mol. The number of carboxylic acid groups (broad SMARTS) is 1. The first-order chi connectivity index (χ1) is 7.87. The standard InChI is InChI=1S/C12H9F3O2/c13-9-3-1-8(2-4-9)5-6-11(10(16)17)7-12(11,14)15/h1-6H,7H2,(H,16,17)/b6-5+. The first kappa shape index (κ1) is 11.7. The lowest BCUT2D eigenvalue weighted by atomic mass is 10.0. The highest BCUT2D eigenvalue weighted by Gasteiger charge is 2.75. The fourth-order valence-corrected chi connectivity index (χ4v) is 1.60. The molecule has 5 heteroatoms. The minimum atomic E-state index is -3.20. The Morgan fingerprint density at radius 1 is 1.29 bits per heavy atom. The second-order valence-electron chi connectivity index (χ2n) is 4.04. The van der Waals surface area contributed by atoms with Crippen molar-refractivity contribution in [1.29, 1.82) is 0 Å². The van der Waals surface area contributed by atoms with Crippen LogP contribution >= 0.6 is 0 Å². The summed E-state index contributed by atoms with van der Waals surface area (Å²) in [6, 6.07) is 5.14. The van der Waals surface area contributed by atoms with E-state index in [4.69, 9.17) is 5.11 Å². The van der Waals surface area contributed by atoms with Crippen LogP contribution in [0.1, 0.15) is 12.0 Å². The van der Waals surface area contributed by atoms with Gasteiger partial charge in [-0.3, -0.25) is 4.79 Å². The van der Waals surface area contributed by atoms with Gasteiger partial charge in [0.1, 0.15) is 5.82 Å². The summed E-state index contributed by atoms with van der Waals surface area (Å²) in [4.78, 5) is 10.8. The normalized spacial score (nSPS) is 26.1. The average Bonchev–Trinajstić information content (AvgIpc) is 2.82. The molecular weight excluding hydrogens is 233 g/mol. The van der Waals surface area contributed by atoms with Crippen molar-refractivity contribution in [2.45, 2.75) is 12.3 Å². The van der Waals surface area contributed by atoms with Gasteiger partial charge in [-0.05, 0) is 17.7 Å². The summed E-state index contributed by atoms with van der Waals surface area (Å²) in [6.45, 7) is 0. The maximum atomic E-state index is 13.0. The third-order valence-electron chi connectivity index (χ3n) is 2.84. The summed E-state index contributed by atoms with van der Waals surface area (Å²) >= 11 is 0. The number of benzene rings is 1. The molecule has 17 heavy (non-hydrogen) atoms. The largest absolute Gasteiger partial charge is 0.480 e. The van der Waals surface area contributed by atoms with Crippen molar-refractivity contribution >= 4 is 12.0 Å². The molecule has 1 aromatic rings. The van der Waals surface area contributed by atoms with Crippen LogP contribution in [-0.4, -0.2) is 17.0 Å². The number of hydrogen-bond donors (Lipinski definition) is 1. The molecule has 0 aliphatic heterocycles. The summed E-state index contributed by atoms with van der Waals surface area (Å²) < 4.78 is 38.5. The molecule has 1 unspecified atom stereocenters. The Morgan fingerprint density at radius 2 is 1.82 bits per heavy atom. The van der Waals surface area contributed by atoms with E-state index in [1.807, 2.05) is 0 Å². The fraction of sp³-hybridized carbons (Fsp3) is 0.250. The molecule has 90 valence electrons. The van der Waals surface area contributed by atoms with Crippen LogP contribution in [0.5, 0.6) is 0 Å². The van der Waals surface area contributed by atoms with Gasteiger partial charge in [0.2, 0.25) is 0 Å². The van der Waals surface area contributed by atoms with E-state index in [9.17, 15) is 18.0 Å². The minimum absolute atomic E-state index is 0.438. The van der Waals surface area contributed by atoms with E-state index in [-0.39, 0.29) is 0 Å². The Bertz CT molecular complexity index is 479. The Labute approximate surface area is 95.4 Å². The molecule has 1 aliphatic carbocycles. The number of carboxylic acids is 1. The molecule has 1 atom stereocenters. The molecule has 0 spiro atoms. The Balaban J connectivity index is 2.21. The maximum Gasteiger partial charge on any atom is 0.319 e. The predicted octanol–water partition coefficient (Wildman–Crippen LogP) is 2.95. The molecule has 0 aromatic heterocycles. The van der Waals surface area contributed by atoms with Gasteiger partial charge in [-0.2, -0.15) is 0 Å². The van der Waals surface area contributed by atoms with Gasteiger partial charge < -0.3 is 5.11 Å². The maximum absolute atomic E-state index is 13.0. The Morgan fingerprint density at radius 3 is 2.24 bits per heavy atom. The molecule has 1 N–H and O–H groups in total. The number of alkyl halides is 2. The lowest BCUT2D eigenvalue weighted by Gasteiger charge is -2.04. The molecule has 0 heterocycles. The van der Waals surface area contributed by atoms with Crippen LogP contribution in [-0.2, 0) is 4.79 Å². The van der Waals surface area contributed by atoms with Gasteiger partial charge in [-0.1, -0.05) is 24.3 Å². The van der Waals surface area contributed by atoms with Gasteiger partial charge in [0.05, 0.1) is 0 Å². The molecule has 1 fully saturated rings. The van der Waals surface area contributed by atoms with Crippen LogP contribution in [0.15, 0.2) is 30.3 Å². The van der Waals surface area contributed by atoms with Gasteiger partial charge >= 0.3 is 5.97 Å². The van der Waals surface area contributed by atoms with E-state index in [1.54, 1.807) is 0 Å². The van der Waals surface area contributed by atoms with Gasteiger partial charge in [-0.15, -0.1) is 0 Å². The van der Waals surface area contributed by atoms with E-state index in [0.717, 1.165) is 6.08 Å². The Kier molecular flexibility index (Phi) is 2.49. The second kappa shape index (κ2) is 3.61. The van der Waals surface area contributed by atoms with E-state index >= 15 is 0 Å². The zero-order valence-electron chi connectivity index (χ0n) is 8.66. The Hall–Kier alpha value is -1.78. The summed E-state index contributed by atoms with van der Waals surface area (Å²) in [6.07, 6.45) is 1.56. The first-order valence-corrected chi connectivity index (χ1v) is 4.93. The molecule has 0 amide bonds. The van der Waals surface area contributed by atoms with Gasteiger partial charge in [-0.25, -0.2) is 13.2 Å². The molecule has 1 aliphatic rings. The van der Waals surface area contributed by atoms with Crippen molar-refractivity contribution in [2.24, 2.45) is 5.41 Å². The molecule has 0 saturated heterocycles. The van der Waals surface area contributed by atoms with Crippen molar-refractivity contribution < 1.29 is 23.1 Å². The van der Waals surface area contributed by atoms with Crippen LogP contribution in [0.2, 0.25) is 0 Å². The van der Waals surface area contributed by atoms with Crippen molar-refractivity contribution in [2.75, 3.05) is 0 Å². The van der Waals surface area contributed by atoms with Crippen LogP contribution in [0.3, 0.4) is 0 Å². The van der Waals surface area contributed by atoms with Gasteiger partial charge in [0.15, 0.2) is 5.41 Å². The van der Waals surface area contributed by atoms with Crippen molar-refractivity contribution in [1.82, 2.24) is 0 Å². The summed E-state index contributed by atoms with van der Waals surface area (Å²) in [5.74, 6) is -5.18. The quantitative estimate of drug-likeness (QED) is 0.884. The smallest absolute Gasteiger partial charge is 0.319 e. The molecule has 0 bridgehead atoms. The number of aliphatic carboxylic acids is 1. The van der Waals surface area contributed by atoms with E-state index in [0.29, 0.717) is 5.56 Å². The van der Waals surface area contributed by atoms with Crippen LogP contribution in [0.25, 0.3) is 6.08 Å². The molecule has 2 rings (SSSR count). The number of halogens is 3. The zero-order chi connectivity index (χ0) is 12.7. The summed E-state index contributed by atoms with van der Waals surface area (Å²) in [5, 5.41) is 8.77. The predicted molar refractivity (Wildman–Crippen MR) is 55.1 cm³/mol. The summed E-state index contributed by atoms with van der Waals surface area (Å²) in [7, 11) is 0. The molecular formula is C12H9F3O2. The van der Waals surface area contributed by atoms with E-state index in [2.05, 4.69) is 0 Å². The number of rotatable bonds is 3. The van der Waals surface area contributed by atoms with Crippen LogP contribution < -0.4 is 0 Å². The minimum Gasteiger partial charge on any atom is -0.480 e. The molecule has 1 aromatic carbocycles. The molecule has 0 radical (unpaired) electrons. The highest BCUT2D eigenvalue weighted by molar-refractivity contribution is 5.84. The number of carbonyl (C=O) groups is 1. The van der Waals surface area contributed by atoms with Crippen molar-refractivity contribution in [3.63, 3.8) is 0 Å². The number of hydrogen-bond acceptors (Lipinski definition) is 1. The van der Waals surface area contributed by atoms with Crippen molar-refractivity contribution in [3.8, 4) is 0 Å². The SMILES string of the molecule is O=C(O)C1(/C=C/c2ccc(F)cc2)CC1(F)F. The zero-order valence-corrected chi connectivity index (χ0v) is 8.66. The van der Waals surface area contributed by atoms with Crippen LogP contribution in [0.4, 0.5) is 13.2 Å². The molecule has 1 saturated carbocycles. The van der Waals surface area contributed by atoms with E-state index < -0.39 is 29.5 Å². The van der Waals surface area contributed by atoms with Crippen molar-refractivity contribution in [3.05, 3.63) is 41.7 Å². The van der Waals surface area contributed by atoms with E-state index in [1.165, 1.54) is 30.3 Å². The lowest BCUT2D eigenvalue weighted by Crippen LogP contribution is -2.19. The monoisotopic (exact) mass is 242 g/mol. The third kappa shape index (κ3) is 1.92. The molecule has 2 nitrogen and oxygen atoms in total. The van der Waals surface area contributed by atoms with Crippen LogP contribution in [0, 0.1) is 11.2 Å². The first-order valence-electron chi connectivity index (χ1n) is 4.93. The topological polar surface area (TPSA) is 37.3 Å². The highest BCUT2D eigenvalue weighted by Crippen LogP contribution is 2.61.